The van der Waals surface area contributed by atoms with Gasteiger partial charge in [0.2, 0.25) is 0 Å². The summed E-state index contributed by atoms with van der Waals surface area (Å²) < 4.78 is 0. The fourth-order valence-corrected chi connectivity index (χ4v) is 1.29. The molecule has 0 rings (SSSR count). The molecular formula is C10H23AgBrN2O12. The van der Waals surface area contributed by atoms with Gasteiger partial charge in [-0.2, -0.15) is 0 Å². The zero-order valence-corrected chi connectivity index (χ0v) is 16.5. The molecule has 0 atom stereocenters. The van der Waals surface area contributed by atoms with E-state index in [4.69, 9.17) is 46.0 Å². The van der Waals surface area contributed by atoms with Crippen molar-refractivity contribution in [3.8, 4) is 0 Å². The molecule has 0 saturated heterocycles. The Labute approximate surface area is 171 Å². The monoisotopic (exact) mass is 549 g/mol. The van der Waals surface area contributed by atoms with E-state index >= 15 is 0 Å². The molecule has 0 unspecified atom stereocenters. The fraction of sp³-hybridized carbons (Fsp3) is 1.00. The van der Waals surface area contributed by atoms with Gasteiger partial charge < -0.3 is 40.7 Å². The standard InChI is InChI=1S/C5H11BrO3.C5H11NO6.Ag.HNO3/c6-1-5(2-7,3-8)4-9;7-1-5(2-8,3-9)4-12-6(10)11;;2-1(3)4/h7-9H,1-4H2;7-9H,1-4H2;;(H,2,3,4). The van der Waals surface area contributed by atoms with Gasteiger partial charge in [-0.3, -0.25) is 0 Å². The Kier molecular flexibility index (Phi) is 24.3. The van der Waals surface area contributed by atoms with Crippen molar-refractivity contribution in [2.24, 2.45) is 10.8 Å². The number of halogens is 1. The van der Waals surface area contributed by atoms with Crippen molar-refractivity contribution in [2.75, 3.05) is 51.6 Å². The summed E-state index contributed by atoms with van der Waals surface area (Å²) in [5, 5.41) is 74.6. The van der Waals surface area contributed by atoms with Gasteiger partial charge in [-0.1, -0.05) is 15.9 Å². The fourth-order valence-electron chi connectivity index (χ4n) is 0.753. The predicted octanol–water partition coefficient (Wildman–Crippen LogP) is -2.85. The normalized spacial score (nSPS) is 10.3. The quantitative estimate of drug-likeness (QED) is 0.0629. The van der Waals surface area contributed by atoms with Crippen LogP contribution in [0.3, 0.4) is 0 Å². The van der Waals surface area contributed by atoms with Gasteiger partial charge in [-0.15, -0.1) is 20.2 Å². The van der Waals surface area contributed by atoms with E-state index in [2.05, 4.69) is 20.8 Å². The topological polar surface area (TPSA) is 237 Å². The first kappa shape index (κ1) is 33.0. The second kappa shape index (κ2) is 19.2. The second-order valence-electron chi connectivity index (χ2n) is 4.82. The van der Waals surface area contributed by atoms with E-state index in [0.29, 0.717) is 5.33 Å². The van der Waals surface area contributed by atoms with E-state index in [0.717, 1.165) is 0 Å². The first-order valence-corrected chi connectivity index (χ1v) is 7.52. The van der Waals surface area contributed by atoms with Crippen molar-refractivity contribution in [2.45, 2.75) is 0 Å². The van der Waals surface area contributed by atoms with Crippen molar-refractivity contribution in [3.05, 3.63) is 20.2 Å². The Morgan fingerprint density at radius 1 is 0.808 bits per heavy atom. The summed E-state index contributed by atoms with van der Waals surface area (Å²) in [6.07, 6.45) is 0. The molecule has 0 aromatic rings. The Morgan fingerprint density at radius 2 is 1.08 bits per heavy atom. The Balaban J connectivity index is -0.000000153. The van der Waals surface area contributed by atoms with Crippen molar-refractivity contribution < 1.29 is 73.2 Å². The molecule has 0 spiro atoms. The van der Waals surface area contributed by atoms with Crippen LogP contribution in [0.2, 0.25) is 0 Å². The van der Waals surface area contributed by atoms with Gasteiger partial charge in [-0.25, -0.2) is 0 Å². The van der Waals surface area contributed by atoms with Crippen LogP contribution in [0, 0.1) is 31.1 Å². The first-order chi connectivity index (χ1) is 11.6. The van der Waals surface area contributed by atoms with E-state index in [-0.39, 0.29) is 42.2 Å². The molecule has 0 amide bonds. The average molecular weight is 551 g/mol. The number of rotatable bonds is 10. The summed E-state index contributed by atoms with van der Waals surface area (Å²) in [6.45, 7) is -2.86. The Hall–Kier alpha value is -0.620. The van der Waals surface area contributed by atoms with Gasteiger partial charge in [0.15, 0.2) is 0 Å². The van der Waals surface area contributed by atoms with Crippen LogP contribution < -0.4 is 0 Å². The Bertz CT molecular complexity index is 327. The molecule has 0 heterocycles. The predicted molar refractivity (Wildman–Crippen MR) is 82.9 cm³/mol. The van der Waals surface area contributed by atoms with Crippen LogP contribution in [0.5, 0.6) is 0 Å². The maximum absolute atomic E-state index is 9.73. The zero-order valence-electron chi connectivity index (χ0n) is 13.4. The van der Waals surface area contributed by atoms with Crippen molar-refractivity contribution in [1.29, 1.82) is 0 Å². The van der Waals surface area contributed by atoms with E-state index in [9.17, 15) is 10.1 Å². The number of nitrogens with zero attached hydrogens (tertiary/aromatic N) is 2. The van der Waals surface area contributed by atoms with E-state index < -0.39 is 47.4 Å². The van der Waals surface area contributed by atoms with Gasteiger partial charge in [0.05, 0.1) is 45.1 Å². The molecule has 14 nitrogen and oxygen atoms in total. The SMILES string of the molecule is O=[N+]([O-])O.O=[N+]([O-])OCC(CO)(CO)CO.OCC(CO)(CO)CBr.[Ag]. The minimum absolute atomic E-state index is 0. The minimum atomic E-state index is -1.50. The largest absolute Gasteiger partial charge is 0.396 e. The van der Waals surface area contributed by atoms with Crippen molar-refractivity contribution in [3.63, 3.8) is 0 Å². The molecule has 26 heavy (non-hydrogen) atoms. The van der Waals surface area contributed by atoms with E-state index in [1.165, 1.54) is 0 Å². The van der Waals surface area contributed by atoms with Gasteiger partial charge in [0.25, 0.3) is 10.2 Å². The first-order valence-electron chi connectivity index (χ1n) is 6.39. The molecular weight excluding hydrogens is 528 g/mol. The summed E-state index contributed by atoms with van der Waals surface area (Å²) in [5.41, 5.74) is -2.09. The molecule has 16 heteroatoms. The van der Waals surface area contributed by atoms with Crippen LogP contribution in [0.15, 0.2) is 0 Å². The van der Waals surface area contributed by atoms with Crippen LogP contribution in [0.4, 0.5) is 0 Å². The molecule has 0 fully saturated rings. The number of aliphatic hydroxyl groups excluding tert-OH is 6. The smallest absolute Gasteiger partial charge is 0.294 e. The third-order valence-corrected chi connectivity index (χ3v) is 3.96. The molecule has 0 aliphatic carbocycles. The number of hydrogen-bond donors (Lipinski definition) is 7. The maximum atomic E-state index is 9.73. The summed E-state index contributed by atoms with van der Waals surface area (Å²) in [6, 6.07) is 0. The summed E-state index contributed by atoms with van der Waals surface area (Å²) >= 11 is 3.07. The van der Waals surface area contributed by atoms with Gasteiger partial charge in [-0.05, 0) is 0 Å². The second-order valence-corrected chi connectivity index (χ2v) is 5.38. The van der Waals surface area contributed by atoms with Crippen molar-refractivity contribution >= 4 is 15.9 Å². The molecule has 163 valence electrons. The van der Waals surface area contributed by atoms with Crippen LogP contribution in [-0.4, -0.2) is 97.6 Å². The van der Waals surface area contributed by atoms with E-state index in [1.54, 1.807) is 0 Å². The third-order valence-electron chi connectivity index (χ3n) is 2.77. The molecule has 1 radical (unpaired) electrons. The number of alkyl halides is 1. The van der Waals surface area contributed by atoms with E-state index in [1.807, 2.05) is 0 Å². The molecule has 0 aliphatic rings. The Morgan fingerprint density at radius 3 is 1.19 bits per heavy atom. The number of hydrogen-bond acceptors (Lipinski definition) is 11. The van der Waals surface area contributed by atoms with Crippen LogP contribution in [0.1, 0.15) is 0 Å². The molecule has 0 saturated carbocycles. The van der Waals surface area contributed by atoms with Gasteiger partial charge >= 0.3 is 0 Å². The molecule has 0 aromatic heterocycles. The summed E-state index contributed by atoms with van der Waals surface area (Å²) in [7, 11) is 0. The van der Waals surface area contributed by atoms with Crippen LogP contribution >= 0.6 is 15.9 Å². The van der Waals surface area contributed by atoms with Gasteiger partial charge in [0.1, 0.15) is 6.61 Å². The van der Waals surface area contributed by atoms with Crippen LogP contribution in [0.25, 0.3) is 0 Å². The van der Waals surface area contributed by atoms with Crippen molar-refractivity contribution in [1.82, 2.24) is 0 Å². The summed E-state index contributed by atoms with van der Waals surface area (Å²) in [5.74, 6) is 0. The summed E-state index contributed by atoms with van der Waals surface area (Å²) in [4.78, 5) is 22.0. The minimum Gasteiger partial charge on any atom is -0.396 e. The molecule has 0 aromatic carbocycles. The van der Waals surface area contributed by atoms with Gasteiger partial charge in [0, 0.05) is 33.1 Å². The molecule has 0 bridgehead atoms. The molecule has 7 N–H and O–H groups in total. The average Bonchev–Trinajstić information content (AvgIpc) is 2.59. The van der Waals surface area contributed by atoms with Crippen LogP contribution in [-0.2, 0) is 27.2 Å². The molecule has 0 aliphatic heterocycles. The number of aliphatic hydroxyl groups is 6. The third kappa shape index (κ3) is 16.8. The zero-order chi connectivity index (χ0) is 20.5. The maximum Gasteiger partial charge on any atom is 0.294 e.